The molecule has 0 fully saturated rings. The molecule has 0 aliphatic heterocycles. The van der Waals surface area contributed by atoms with E-state index in [0.717, 1.165) is 9.21 Å². The van der Waals surface area contributed by atoms with Crippen molar-refractivity contribution in [1.29, 1.82) is 0 Å². The van der Waals surface area contributed by atoms with Crippen LogP contribution in [0.25, 0.3) is 0 Å². The lowest BCUT2D eigenvalue weighted by molar-refractivity contribution is -0.133. The summed E-state index contributed by atoms with van der Waals surface area (Å²) in [6.45, 7) is 2.81. The molecule has 1 amide bonds. The molecule has 0 saturated carbocycles. The first-order valence-electron chi connectivity index (χ1n) is 4.74. The van der Waals surface area contributed by atoms with Crippen LogP contribution in [0.1, 0.15) is 11.8 Å². The van der Waals surface area contributed by atoms with Crippen molar-refractivity contribution in [2.24, 2.45) is 11.7 Å². The van der Waals surface area contributed by atoms with E-state index in [4.69, 9.17) is 17.3 Å². The maximum absolute atomic E-state index is 11.7. The van der Waals surface area contributed by atoms with Crippen LogP contribution < -0.4 is 5.73 Å². The van der Waals surface area contributed by atoms with Crippen molar-refractivity contribution in [3.8, 4) is 0 Å². The summed E-state index contributed by atoms with van der Waals surface area (Å²) in [4.78, 5) is 14.5. The molecular formula is C10H16Cl2N2OS. The zero-order chi connectivity index (χ0) is 11.4. The number of thiophene rings is 1. The lowest BCUT2D eigenvalue weighted by atomic mass is 10.1. The zero-order valence-corrected chi connectivity index (χ0v) is 11.7. The third-order valence-electron chi connectivity index (χ3n) is 2.17. The number of rotatable bonds is 4. The summed E-state index contributed by atoms with van der Waals surface area (Å²) >= 11 is 7.30. The molecule has 0 saturated heterocycles. The number of halogens is 2. The molecule has 16 heavy (non-hydrogen) atoms. The first-order chi connectivity index (χ1) is 7.04. The monoisotopic (exact) mass is 282 g/mol. The fraction of sp³-hybridized carbons (Fsp3) is 0.500. The van der Waals surface area contributed by atoms with E-state index in [1.807, 2.05) is 19.1 Å². The van der Waals surface area contributed by atoms with Crippen LogP contribution in [0.4, 0.5) is 0 Å². The highest BCUT2D eigenvalue weighted by Gasteiger charge is 2.16. The van der Waals surface area contributed by atoms with Crippen LogP contribution in [-0.4, -0.2) is 24.4 Å². The van der Waals surface area contributed by atoms with Gasteiger partial charge in [-0.05, 0) is 12.1 Å². The molecule has 0 aromatic carbocycles. The van der Waals surface area contributed by atoms with Crippen LogP contribution in [0.2, 0.25) is 4.34 Å². The van der Waals surface area contributed by atoms with Gasteiger partial charge in [0.1, 0.15) is 0 Å². The first kappa shape index (κ1) is 15.7. The highest BCUT2D eigenvalue weighted by Crippen LogP contribution is 2.22. The molecule has 1 rings (SSSR count). The second-order valence-corrected chi connectivity index (χ2v) is 5.34. The second-order valence-electron chi connectivity index (χ2n) is 3.54. The smallest absolute Gasteiger partial charge is 0.226 e. The Kier molecular flexibility index (Phi) is 6.99. The molecule has 0 aliphatic rings. The van der Waals surface area contributed by atoms with Crippen LogP contribution >= 0.6 is 35.3 Å². The molecule has 0 bridgehead atoms. The summed E-state index contributed by atoms with van der Waals surface area (Å²) < 4.78 is 0.748. The van der Waals surface area contributed by atoms with Gasteiger partial charge < -0.3 is 10.6 Å². The molecule has 1 heterocycles. The summed E-state index contributed by atoms with van der Waals surface area (Å²) in [5.74, 6) is -0.0487. The van der Waals surface area contributed by atoms with Crippen LogP contribution in [0.5, 0.6) is 0 Å². The SMILES string of the molecule is CC(CN)C(=O)N(C)Cc1ccc(Cl)s1.Cl. The fourth-order valence-electron chi connectivity index (χ4n) is 1.23. The molecule has 3 nitrogen and oxygen atoms in total. The van der Waals surface area contributed by atoms with E-state index in [2.05, 4.69) is 0 Å². The molecule has 0 aliphatic carbocycles. The highest BCUT2D eigenvalue weighted by molar-refractivity contribution is 7.16. The van der Waals surface area contributed by atoms with Gasteiger partial charge in [0.25, 0.3) is 0 Å². The number of hydrogen-bond acceptors (Lipinski definition) is 3. The average molecular weight is 283 g/mol. The minimum atomic E-state index is -0.120. The van der Waals surface area contributed by atoms with Crippen molar-refractivity contribution in [2.75, 3.05) is 13.6 Å². The molecule has 6 heteroatoms. The Morgan fingerprint density at radius 2 is 2.25 bits per heavy atom. The molecule has 1 unspecified atom stereocenters. The molecule has 1 atom stereocenters. The van der Waals surface area contributed by atoms with E-state index in [-0.39, 0.29) is 24.2 Å². The van der Waals surface area contributed by atoms with Gasteiger partial charge in [0.15, 0.2) is 0 Å². The Morgan fingerprint density at radius 1 is 1.62 bits per heavy atom. The topological polar surface area (TPSA) is 46.3 Å². The van der Waals surface area contributed by atoms with Crippen molar-refractivity contribution in [2.45, 2.75) is 13.5 Å². The number of amides is 1. The van der Waals surface area contributed by atoms with Crippen LogP contribution in [-0.2, 0) is 11.3 Å². The Labute approximate surface area is 111 Å². The third kappa shape index (κ3) is 4.29. The van der Waals surface area contributed by atoms with Gasteiger partial charge in [-0.1, -0.05) is 18.5 Å². The van der Waals surface area contributed by atoms with Crippen molar-refractivity contribution in [1.82, 2.24) is 4.90 Å². The normalized spacial score (nSPS) is 11.8. The third-order valence-corrected chi connectivity index (χ3v) is 3.39. The number of carbonyl (C=O) groups is 1. The van der Waals surface area contributed by atoms with Crippen molar-refractivity contribution >= 4 is 41.3 Å². The van der Waals surface area contributed by atoms with E-state index < -0.39 is 0 Å². The van der Waals surface area contributed by atoms with Gasteiger partial charge in [-0.2, -0.15) is 0 Å². The Morgan fingerprint density at radius 3 is 2.69 bits per heavy atom. The van der Waals surface area contributed by atoms with Gasteiger partial charge in [0.05, 0.1) is 10.9 Å². The van der Waals surface area contributed by atoms with Gasteiger partial charge in [0.2, 0.25) is 5.91 Å². The van der Waals surface area contributed by atoms with E-state index in [1.54, 1.807) is 11.9 Å². The number of hydrogen-bond donors (Lipinski definition) is 1. The van der Waals surface area contributed by atoms with Gasteiger partial charge in [-0.3, -0.25) is 4.79 Å². The quantitative estimate of drug-likeness (QED) is 0.922. The zero-order valence-electron chi connectivity index (χ0n) is 9.27. The summed E-state index contributed by atoms with van der Waals surface area (Å²) in [5.41, 5.74) is 5.44. The summed E-state index contributed by atoms with van der Waals surface area (Å²) in [6.07, 6.45) is 0. The molecule has 0 radical (unpaired) electrons. The summed E-state index contributed by atoms with van der Waals surface area (Å²) in [7, 11) is 1.78. The van der Waals surface area contributed by atoms with Gasteiger partial charge in [-0.25, -0.2) is 0 Å². The molecule has 0 spiro atoms. The van der Waals surface area contributed by atoms with Crippen LogP contribution in [0, 0.1) is 5.92 Å². The second kappa shape index (κ2) is 7.12. The lowest BCUT2D eigenvalue weighted by Crippen LogP contribution is -2.34. The summed E-state index contributed by atoms with van der Waals surface area (Å²) in [5, 5.41) is 0. The Bertz CT molecular complexity index is 343. The minimum Gasteiger partial charge on any atom is -0.340 e. The van der Waals surface area contributed by atoms with Gasteiger partial charge in [0, 0.05) is 24.4 Å². The Balaban J connectivity index is 0.00000225. The standard InChI is InChI=1S/C10H15ClN2OS.ClH/c1-7(5-12)10(14)13(2)6-8-3-4-9(11)15-8;/h3-4,7H,5-6,12H2,1-2H3;1H. The van der Waals surface area contributed by atoms with Gasteiger partial charge >= 0.3 is 0 Å². The Hall–Kier alpha value is -0.290. The lowest BCUT2D eigenvalue weighted by Gasteiger charge is -2.19. The first-order valence-corrected chi connectivity index (χ1v) is 5.93. The molecule has 92 valence electrons. The maximum atomic E-state index is 11.7. The summed E-state index contributed by atoms with van der Waals surface area (Å²) in [6, 6.07) is 3.77. The number of nitrogens with two attached hydrogens (primary N) is 1. The van der Waals surface area contributed by atoms with Crippen molar-refractivity contribution in [3.05, 3.63) is 21.3 Å². The largest absolute Gasteiger partial charge is 0.340 e. The minimum absolute atomic E-state index is 0. The number of carbonyl (C=O) groups excluding carboxylic acids is 1. The fourth-order valence-corrected chi connectivity index (χ4v) is 2.37. The predicted octanol–water partition coefficient (Wildman–Crippen LogP) is 2.38. The van der Waals surface area contributed by atoms with Crippen LogP contribution in [0.3, 0.4) is 0 Å². The predicted molar refractivity (Wildman–Crippen MR) is 71.3 cm³/mol. The van der Waals surface area contributed by atoms with Crippen LogP contribution in [0.15, 0.2) is 12.1 Å². The molecular weight excluding hydrogens is 267 g/mol. The van der Waals surface area contributed by atoms with E-state index in [9.17, 15) is 4.79 Å². The molecule has 1 aromatic rings. The van der Waals surface area contributed by atoms with E-state index >= 15 is 0 Å². The van der Waals surface area contributed by atoms with Crippen molar-refractivity contribution < 1.29 is 4.79 Å². The number of nitrogens with zero attached hydrogens (tertiary/aromatic N) is 1. The maximum Gasteiger partial charge on any atom is 0.226 e. The molecule has 2 N–H and O–H groups in total. The average Bonchev–Trinajstić information content (AvgIpc) is 2.61. The van der Waals surface area contributed by atoms with E-state index in [1.165, 1.54) is 11.3 Å². The van der Waals surface area contributed by atoms with E-state index in [0.29, 0.717) is 13.1 Å². The van der Waals surface area contributed by atoms with Gasteiger partial charge in [-0.15, -0.1) is 23.7 Å². The highest BCUT2D eigenvalue weighted by atomic mass is 35.5. The van der Waals surface area contributed by atoms with Crippen molar-refractivity contribution in [3.63, 3.8) is 0 Å². The molecule has 1 aromatic heterocycles.